The van der Waals surface area contributed by atoms with E-state index in [-0.39, 0.29) is 35.0 Å². The van der Waals surface area contributed by atoms with Crippen LogP contribution < -0.4 is 14.8 Å². The number of hydrogen-bond donors (Lipinski definition) is 2. The molecular formula is C17H28ClN3O4S. The van der Waals surface area contributed by atoms with Crippen LogP contribution in [0.25, 0.3) is 0 Å². The summed E-state index contributed by atoms with van der Waals surface area (Å²) in [5.74, 6) is 0.00939. The molecular weight excluding hydrogens is 378 g/mol. The fraction of sp³-hybridized carbons (Fsp3) is 0.588. The van der Waals surface area contributed by atoms with Gasteiger partial charge in [-0.05, 0) is 38.1 Å². The molecule has 0 spiro atoms. The second kappa shape index (κ2) is 10.1. The molecule has 0 saturated heterocycles. The largest absolute Gasteiger partial charge is 0.495 e. The van der Waals surface area contributed by atoms with Gasteiger partial charge in [0.05, 0.1) is 7.11 Å². The van der Waals surface area contributed by atoms with Crippen LogP contribution in [0.2, 0.25) is 0 Å². The molecule has 1 saturated carbocycles. The molecule has 0 unspecified atom stereocenters. The molecule has 7 nitrogen and oxygen atoms in total. The summed E-state index contributed by atoms with van der Waals surface area (Å²) in [6.45, 7) is 1.19. The van der Waals surface area contributed by atoms with Crippen molar-refractivity contribution < 1.29 is 17.9 Å². The van der Waals surface area contributed by atoms with E-state index in [9.17, 15) is 13.2 Å². The number of nitrogens with zero attached hydrogens (tertiary/aromatic N) is 1. The van der Waals surface area contributed by atoms with Gasteiger partial charge in [0.1, 0.15) is 10.6 Å². The number of carbonyl (C=O) groups is 1. The summed E-state index contributed by atoms with van der Waals surface area (Å²) in [5, 5.41) is 2.98. The normalized spacial score (nSPS) is 14.7. The Hall–Kier alpha value is -1.35. The molecule has 2 rings (SSSR count). The summed E-state index contributed by atoms with van der Waals surface area (Å²) in [4.78, 5) is 14.1. The molecule has 0 aliphatic heterocycles. The Morgan fingerprint density at radius 2 is 1.96 bits per heavy atom. The molecule has 1 aromatic rings. The molecule has 1 fully saturated rings. The predicted molar refractivity (Wildman–Crippen MR) is 104 cm³/mol. The lowest BCUT2D eigenvalue weighted by Gasteiger charge is -2.19. The van der Waals surface area contributed by atoms with Crippen LogP contribution in [0.15, 0.2) is 23.1 Å². The minimum Gasteiger partial charge on any atom is -0.495 e. The number of methoxy groups -OCH3 is 1. The van der Waals surface area contributed by atoms with Gasteiger partial charge < -0.3 is 15.0 Å². The lowest BCUT2D eigenvalue weighted by molar-refractivity contribution is 0.0796. The third-order valence-corrected chi connectivity index (χ3v) is 5.96. The molecule has 0 radical (unpaired) electrons. The number of nitrogens with one attached hydrogen (secondary N) is 2. The lowest BCUT2D eigenvalue weighted by Crippen LogP contribution is -2.34. The first kappa shape index (κ1) is 22.7. The Morgan fingerprint density at radius 3 is 2.54 bits per heavy atom. The maximum Gasteiger partial charge on any atom is 0.253 e. The molecule has 1 amide bonds. The van der Waals surface area contributed by atoms with Crippen molar-refractivity contribution >= 4 is 28.3 Å². The maximum absolute atomic E-state index is 12.8. The van der Waals surface area contributed by atoms with Crippen LogP contribution in [-0.4, -0.2) is 59.6 Å². The van der Waals surface area contributed by atoms with Gasteiger partial charge in [-0.2, -0.15) is 0 Å². The Morgan fingerprint density at radius 1 is 1.31 bits per heavy atom. The highest BCUT2D eigenvalue weighted by atomic mass is 35.5. The number of hydrogen-bond acceptors (Lipinski definition) is 5. The molecule has 148 valence electrons. The molecule has 1 aliphatic carbocycles. The summed E-state index contributed by atoms with van der Waals surface area (Å²) in [7, 11) is 1.18. The number of likely N-dealkylation sites (N-methyl/N-ethyl adjacent to an activating group) is 2. The van der Waals surface area contributed by atoms with Crippen molar-refractivity contribution in [2.45, 2.75) is 36.6 Å². The SMILES string of the molecule is CNCCN(C)C(=O)c1ccc(OC)c(S(=O)(=O)NC2CCCC2)c1.Cl. The first-order valence-corrected chi connectivity index (χ1v) is 9.98. The first-order valence-electron chi connectivity index (χ1n) is 8.49. The van der Waals surface area contributed by atoms with E-state index in [2.05, 4.69) is 10.0 Å². The smallest absolute Gasteiger partial charge is 0.253 e. The quantitative estimate of drug-likeness (QED) is 0.686. The van der Waals surface area contributed by atoms with Crippen LogP contribution in [0.4, 0.5) is 0 Å². The van der Waals surface area contributed by atoms with Gasteiger partial charge in [-0.1, -0.05) is 12.8 Å². The van der Waals surface area contributed by atoms with Crippen molar-refractivity contribution in [1.82, 2.24) is 14.9 Å². The third-order valence-electron chi connectivity index (χ3n) is 4.42. The zero-order chi connectivity index (χ0) is 18.4. The summed E-state index contributed by atoms with van der Waals surface area (Å²) in [5.41, 5.74) is 0.325. The second-order valence-corrected chi connectivity index (χ2v) is 7.98. The first-order chi connectivity index (χ1) is 11.9. The number of halogens is 1. The van der Waals surface area contributed by atoms with E-state index in [0.29, 0.717) is 18.7 Å². The zero-order valence-electron chi connectivity index (χ0n) is 15.4. The van der Waals surface area contributed by atoms with Gasteiger partial charge in [0.25, 0.3) is 5.91 Å². The van der Waals surface area contributed by atoms with E-state index in [1.807, 2.05) is 7.05 Å². The highest BCUT2D eigenvalue weighted by Crippen LogP contribution is 2.27. The van der Waals surface area contributed by atoms with Crippen molar-refractivity contribution in [3.05, 3.63) is 23.8 Å². The van der Waals surface area contributed by atoms with Crippen LogP contribution in [-0.2, 0) is 10.0 Å². The van der Waals surface area contributed by atoms with Crippen molar-refractivity contribution in [3.63, 3.8) is 0 Å². The Labute approximate surface area is 161 Å². The van der Waals surface area contributed by atoms with Crippen LogP contribution in [0.3, 0.4) is 0 Å². The van der Waals surface area contributed by atoms with Gasteiger partial charge in [-0.25, -0.2) is 13.1 Å². The van der Waals surface area contributed by atoms with E-state index in [4.69, 9.17) is 4.74 Å². The number of benzene rings is 1. The average Bonchev–Trinajstić information content (AvgIpc) is 3.10. The summed E-state index contributed by atoms with van der Waals surface area (Å²) in [6, 6.07) is 4.47. The molecule has 26 heavy (non-hydrogen) atoms. The average molecular weight is 406 g/mol. The molecule has 0 atom stereocenters. The summed E-state index contributed by atoms with van der Waals surface area (Å²) < 4.78 is 33.5. The molecule has 1 aromatic carbocycles. The number of ether oxygens (including phenoxy) is 1. The molecule has 0 heterocycles. The summed E-state index contributed by atoms with van der Waals surface area (Å²) >= 11 is 0. The highest BCUT2D eigenvalue weighted by molar-refractivity contribution is 7.89. The molecule has 0 bridgehead atoms. The summed E-state index contributed by atoms with van der Waals surface area (Å²) in [6.07, 6.45) is 3.73. The Balaban J connectivity index is 0.00000338. The fourth-order valence-corrected chi connectivity index (χ4v) is 4.45. The van der Waals surface area contributed by atoms with E-state index in [0.717, 1.165) is 25.7 Å². The minimum absolute atomic E-state index is 0. The van der Waals surface area contributed by atoms with Crippen LogP contribution in [0.5, 0.6) is 5.75 Å². The van der Waals surface area contributed by atoms with Gasteiger partial charge in [-0.15, -0.1) is 12.4 Å². The predicted octanol–water partition coefficient (Wildman–Crippen LogP) is 1.63. The fourth-order valence-electron chi connectivity index (χ4n) is 2.95. The third kappa shape index (κ3) is 5.57. The van der Waals surface area contributed by atoms with Crippen molar-refractivity contribution in [1.29, 1.82) is 0 Å². The monoisotopic (exact) mass is 405 g/mol. The van der Waals surface area contributed by atoms with Gasteiger partial charge in [0.15, 0.2) is 0 Å². The van der Waals surface area contributed by atoms with Gasteiger partial charge >= 0.3 is 0 Å². The number of carbonyl (C=O) groups excluding carboxylic acids is 1. The van der Waals surface area contributed by atoms with Crippen molar-refractivity contribution in [3.8, 4) is 5.75 Å². The Kier molecular flexibility index (Phi) is 8.82. The van der Waals surface area contributed by atoms with Gasteiger partial charge in [-0.3, -0.25) is 4.79 Å². The van der Waals surface area contributed by atoms with Crippen LogP contribution in [0, 0.1) is 0 Å². The standard InChI is InChI=1S/C17H27N3O4S.ClH/c1-18-10-11-20(2)17(21)13-8-9-15(24-3)16(12-13)25(22,23)19-14-6-4-5-7-14;/h8-9,12,14,18-19H,4-7,10-11H2,1-3H3;1H. The van der Waals surface area contributed by atoms with Crippen LogP contribution >= 0.6 is 12.4 Å². The number of amides is 1. The van der Waals surface area contributed by atoms with Crippen molar-refractivity contribution in [2.75, 3.05) is 34.3 Å². The van der Waals surface area contributed by atoms with Crippen LogP contribution in [0.1, 0.15) is 36.0 Å². The van der Waals surface area contributed by atoms with E-state index >= 15 is 0 Å². The van der Waals surface area contributed by atoms with E-state index in [1.165, 1.54) is 19.2 Å². The molecule has 1 aliphatic rings. The number of rotatable bonds is 8. The van der Waals surface area contributed by atoms with E-state index in [1.54, 1.807) is 18.0 Å². The highest BCUT2D eigenvalue weighted by Gasteiger charge is 2.27. The molecule has 0 aromatic heterocycles. The molecule has 2 N–H and O–H groups in total. The van der Waals surface area contributed by atoms with Gasteiger partial charge in [0.2, 0.25) is 10.0 Å². The number of sulfonamides is 1. The molecule has 9 heteroatoms. The Bertz CT molecular complexity index is 706. The minimum atomic E-state index is -3.74. The topological polar surface area (TPSA) is 87.7 Å². The lowest BCUT2D eigenvalue weighted by atomic mass is 10.2. The van der Waals surface area contributed by atoms with Crippen molar-refractivity contribution in [2.24, 2.45) is 0 Å². The van der Waals surface area contributed by atoms with E-state index < -0.39 is 10.0 Å². The van der Waals surface area contributed by atoms with Gasteiger partial charge in [0, 0.05) is 31.7 Å². The second-order valence-electron chi connectivity index (χ2n) is 6.30. The maximum atomic E-state index is 12.8. The zero-order valence-corrected chi connectivity index (χ0v) is 17.1.